The number of pyridine rings is 1. The van der Waals surface area contributed by atoms with Crippen LogP contribution in [0, 0.1) is 6.92 Å². The van der Waals surface area contributed by atoms with Gasteiger partial charge in [-0.05, 0) is 50.1 Å². The average Bonchev–Trinajstić information content (AvgIpc) is 3.34. The molecule has 5 rings (SSSR count). The third-order valence-corrected chi connectivity index (χ3v) is 5.75. The second kappa shape index (κ2) is 7.04. The quantitative estimate of drug-likeness (QED) is 0.740. The molecule has 148 valence electrons. The molecule has 2 aliphatic rings. The van der Waals surface area contributed by atoms with Gasteiger partial charge in [-0.2, -0.15) is 0 Å². The molecule has 6 nitrogen and oxygen atoms in total. The van der Waals surface area contributed by atoms with E-state index in [4.69, 9.17) is 20.2 Å². The van der Waals surface area contributed by atoms with E-state index in [0.29, 0.717) is 6.54 Å². The summed E-state index contributed by atoms with van der Waals surface area (Å²) in [5, 5.41) is 0.996. The van der Waals surface area contributed by atoms with Crippen molar-refractivity contribution in [1.29, 1.82) is 0 Å². The molecule has 0 aliphatic carbocycles. The predicted molar refractivity (Wildman–Crippen MR) is 111 cm³/mol. The molecule has 6 heteroatoms. The third kappa shape index (κ3) is 3.29. The largest absolute Gasteiger partial charge is 0.454 e. The summed E-state index contributed by atoms with van der Waals surface area (Å²) < 4.78 is 11.1. The molecule has 2 N–H and O–H groups in total. The van der Waals surface area contributed by atoms with Crippen LogP contribution < -0.4 is 15.2 Å². The van der Waals surface area contributed by atoms with E-state index in [9.17, 15) is 4.79 Å². The van der Waals surface area contributed by atoms with Gasteiger partial charge in [0.15, 0.2) is 11.5 Å². The Bertz CT molecular complexity index is 1110. The van der Waals surface area contributed by atoms with Crippen LogP contribution in [0.5, 0.6) is 11.5 Å². The number of rotatable bonds is 4. The molecule has 0 spiro atoms. The summed E-state index contributed by atoms with van der Waals surface area (Å²) in [6, 6.07) is 14.2. The van der Waals surface area contributed by atoms with Gasteiger partial charge in [0, 0.05) is 23.6 Å². The topological polar surface area (TPSA) is 77.7 Å². The molecule has 3 heterocycles. The molecule has 0 bridgehead atoms. The fourth-order valence-corrected chi connectivity index (χ4v) is 4.33. The number of aromatic nitrogens is 1. The fourth-order valence-electron chi connectivity index (χ4n) is 4.33. The highest BCUT2D eigenvalue weighted by molar-refractivity contribution is 5.87. The number of benzene rings is 2. The molecular formula is C23H23N3O3. The second-order valence-corrected chi connectivity index (χ2v) is 7.79. The minimum atomic E-state index is -0.253. The van der Waals surface area contributed by atoms with E-state index in [1.54, 1.807) is 0 Å². The lowest BCUT2D eigenvalue weighted by atomic mass is 10.0. The summed E-state index contributed by atoms with van der Waals surface area (Å²) in [6.45, 7) is 3.80. The number of aryl methyl sites for hydroxylation is 1. The van der Waals surface area contributed by atoms with E-state index in [-0.39, 0.29) is 18.7 Å². The molecule has 3 aromatic rings. The zero-order valence-electron chi connectivity index (χ0n) is 16.4. The molecule has 2 aromatic carbocycles. The number of fused-ring (bicyclic) bond motifs is 2. The van der Waals surface area contributed by atoms with Gasteiger partial charge in [0.25, 0.3) is 0 Å². The minimum Gasteiger partial charge on any atom is -0.454 e. The molecule has 1 saturated heterocycles. The SMILES string of the molecule is Cc1cccc(-c2nc3cc4c(cc3cc2CN2CCC[C@H]2C(N)=O)OCO4)c1. The predicted octanol–water partition coefficient (Wildman–Crippen LogP) is 3.39. The minimum absolute atomic E-state index is 0.215. The highest BCUT2D eigenvalue weighted by atomic mass is 16.7. The third-order valence-electron chi connectivity index (χ3n) is 5.75. The normalized spacial score (nSPS) is 18.4. The Morgan fingerprint density at radius 3 is 2.83 bits per heavy atom. The first kappa shape index (κ1) is 17.9. The zero-order valence-corrected chi connectivity index (χ0v) is 16.4. The van der Waals surface area contributed by atoms with Crippen LogP contribution in [0.2, 0.25) is 0 Å². The monoisotopic (exact) mass is 389 g/mol. The summed E-state index contributed by atoms with van der Waals surface area (Å²) in [7, 11) is 0. The summed E-state index contributed by atoms with van der Waals surface area (Å²) in [4.78, 5) is 19.0. The molecule has 29 heavy (non-hydrogen) atoms. The highest BCUT2D eigenvalue weighted by Gasteiger charge is 2.30. The number of ether oxygens (including phenoxy) is 2. The molecule has 1 amide bonds. The first-order chi connectivity index (χ1) is 14.1. The van der Waals surface area contributed by atoms with Gasteiger partial charge >= 0.3 is 0 Å². The fraction of sp³-hybridized carbons (Fsp3) is 0.304. The van der Waals surface area contributed by atoms with E-state index in [1.165, 1.54) is 5.56 Å². The van der Waals surface area contributed by atoms with Crippen LogP contribution in [-0.4, -0.2) is 35.2 Å². The van der Waals surface area contributed by atoms with Crippen LogP contribution >= 0.6 is 0 Å². The average molecular weight is 389 g/mol. The summed E-state index contributed by atoms with van der Waals surface area (Å²) >= 11 is 0. The van der Waals surface area contributed by atoms with Crippen molar-refractivity contribution in [2.75, 3.05) is 13.3 Å². The van der Waals surface area contributed by atoms with Gasteiger partial charge < -0.3 is 15.2 Å². The Hall–Kier alpha value is -3.12. The first-order valence-electron chi connectivity index (χ1n) is 9.92. The van der Waals surface area contributed by atoms with Gasteiger partial charge in [-0.25, -0.2) is 4.98 Å². The number of amides is 1. The van der Waals surface area contributed by atoms with Crippen molar-refractivity contribution in [2.45, 2.75) is 32.4 Å². The van der Waals surface area contributed by atoms with Crippen LogP contribution in [0.3, 0.4) is 0 Å². The maximum atomic E-state index is 11.9. The Morgan fingerprint density at radius 1 is 1.21 bits per heavy atom. The number of carbonyl (C=O) groups is 1. The molecule has 0 saturated carbocycles. The van der Waals surface area contributed by atoms with E-state index >= 15 is 0 Å². The lowest BCUT2D eigenvalue weighted by molar-refractivity contribution is -0.122. The summed E-state index contributed by atoms with van der Waals surface area (Å²) in [5.74, 6) is 1.21. The van der Waals surface area contributed by atoms with Crippen molar-refractivity contribution in [3.63, 3.8) is 0 Å². The van der Waals surface area contributed by atoms with E-state index < -0.39 is 0 Å². The number of likely N-dealkylation sites (tertiary alicyclic amines) is 1. The Balaban J connectivity index is 1.64. The Labute approximate surface area is 169 Å². The molecule has 0 radical (unpaired) electrons. The standard InChI is InChI=1S/C23H23N3O3/c1-14-4-2-5-15(8-14)22-17(12-26-7-3-6-19(26)23(24)27)9-16-10-20-21(29-13-28-20)11-18(16)25-22/h2,4-5,8-11,19H,3,6-7,12-13H2,1H3,(H2,24,27)/t19-/m0/s1. The molecule has 0 unspecified atom stereocenters. The van der Waals surface area contributed by atoms with Gasteiger partial charge in [-0.1, -0.05) is 23.8 Å². The van der Waals surface area contributed by atoms with Gasteiger partial charge in [-0.3, -0.25) is 9.69 Å². The van der Waals surface area contributed by atoms with Crippen molar-refractivity contribution >= 4 is 16.8 Å². The van der Waals surface area contributed by atoms with Gasteiger partial charge in [0.2, 0.25) is 12.7 Å². The Kier molecular flexibility index (Phi) is 4.36. The number of primary amides is 1. The molecule has 1 aromatic heterocycles. The van der Waals surface area contributed by atoms with Gasteiger partial charge in [0.05, 0.1) is 17.3 Å². The van der Waals surface area contributed by atoms with Crippen LogP contribution in [-0.2, 0) is 11.3 Å². The van der Waals surface area contributed by atoms with Crippen molar-refractivity contribution in [3.05, 3.63) is 53.6 Å². The van der Waals surface area contributed by atoms with E-state index in [0.717, 1.165) is 58.6 Å². The smallest absolute Gasteiger partial charge is 0.234 e. The second-order valence-electron chi connectivity index (χ2n) is 7.79. The molecule has 1 atom stereocenters. The van der Waals surface area contributed by atoms with Crippen molar-refractivity contribution in [3.8, 4) is 22.8 Å². The first-order valence-corrected chi connectivity index (χ1v) is 9.92. The maximum absolute atomic E-state index is 11.9. The maximum Gasteiger partial charge on any atom is 0.234 e. The number of hydrogen-bond acceptors (Lipinski definition) is 5. The molecule has 2 aliphatic heterocycles. The van der Waals surface area contributed by atoms with Crippen molar-refractivity contribution in [2.24, 2.45) is 5.73 Å². The lowest BCUT2D eigenvalue weighted by Gasteiger charge is -2.23. The van der Waals surface area contributed by atoms with Crippen LogP contribution in [0.15, 0.2) is 42.5 Å². The lowest BCUT2D eigenvalue weighted by Crippen LogP contribution is -2.39. The highest BCUT2D eigenvalue weighted by Crippen LogP contribution is 2.37. The van der Waals surface area contributed by atoms with Crippen LogP contribution in [0.25, 0.3) is 22.2 Å². The number of hydrogen-bond donors (Lipinski definition) is 1. The van der Waals surface area contributed by atoms with Crippen molar-refractivity contribution < 1.29 is 14.3 Å². The number of nitrogens with two attached hydrogens (primary N) is 1. The molecule has 1 fully saturated rings. The summed E-state index contributed by atoms with van der Waals surface area (Å²) in [6.07, 6.45) is 1.79. The number of nitrogens with zero attached hydrogens (tertiary/aromatic N) is 2. The number of carbonyl (C=O) groups excluding carboxylic acids is 1. The zero-order chi connectivity index (χ0) is 20.0. The van der Waals surface area contributed by atoms with Crippen LogP contribution in [0.1, 0.15) is 24.0 Å². The summed E-state index contributed by atoms with van der Waals surface area (Å²) in [5.41, 5.74) is 10.7. The van der Waals surface area contributed by atoms with E-state index in [2.05, 4.69) is 36.1 Å². The van der Waals surface area contributed by atoms with Crippen LogP contribution in [0.4, 0.5) is 0 Å². The Morgan fingerprint density at radius 2 is 2.03 bits per heavy atom. The van der Waals surface area contributed by atoms with Gasteiger partial charge in [0.1, 0.15) is 0 Å². The molecular weight excluding hydrogens is 366 g/mol. The van der Waals surface area contributed by atoms with Crippen molar-refractivity contribution in [1.82, 2.24) is 9.88 Å². The van der Waals surface area contributed by atoms with E-state index in [1.807, 2.05) is 18.2 Å². The van der Waals surface area contributed by atoms with Gasteiger partial charge in [-0.15, -0.1) is 0 Å².